The molecule has 0 saturated heterocycles. The van der Waals surface area contributed by atoms with Gasteiger partial charge in [-0.3, -0.25) is 0 Å². The van der Waals surface area contributed by atoms with Crippen LogP contribution in [0.1, 0.15) is 24.8 Å². The minimum absolute atomic E-state index is 0.0463. The predicted octanol–water partition coefficient (Wildman–Crippen LogP) is 2.67. The van der Waals surface area contributed by atoms with E-state index in [4.69, 9.17) is 5.11 Å². The van der Waals surface area contributed by atoms with Crippen LogP contribution in [0.4, 0.5) is 19.0 Å². The Labute approximate surface area is 103 Å². The minimum Gasteiger partial charge on any atom is -0.396 e. The van der Waals surface area contributed by atoms with Crippen LogP contribution in [0.5, 0.6) is 0 Å². The summed E-state index contributed by atoms with van der Waals surface area (Å²) >= 11 is 0. The molecule has 1 heterocycles. The Balaban J connectivity index is 1.98. The van der Waals surface area contributed by atoms with Crippen LogP contribution in [0, 0.1) is 5.41 Å². The summed E-state index contributed by atoms with van der Waals surface area (Å²) in [5.74, 6) is 0.231. The van der Waals surface area contributed by atoms with E-state index in [1.807, 2.05) is 0 Å². The highest BCUT2D eigenvalue weighted by Gasteiger charge is 2.41. The molecule has 1 aliphatic carbocycles. The summed E-state index contributed by atoms with van der Waals surface area (Å²) in [6.45, 7) is 0.666. The molecule has 1 aromatic heterocycles. The zero-order valence-corrected chi connectivity index (χ0v) is 9.80. The maximum absolute atomic E-state index is 12.5. The van der Waals surface area contributed by atoms with Crippen LogP contribution in [0.3, 0.4) is 0 Å². The molecule has 0 atom stereocenters. The zero-order valence-electron chi connectivity index (χ0n) is 9.80. The van der Waals surface area contributed by atoms with Crippen molar-refractivity contribution in [2.45, 2.75) is 25.4 Å². The molecule has 0 amide bonds. The number of hydrogen-bond acceptors (Lipinski definition) is 3. The van der Waals surface area contributed by atoms with Gasteiger partial charge in [-0.25, -0.2) is 4.98 Å². The molecule has 100 valence electrons. The second-order valence-corrected chi connectivity index (χ2v) is 4.75. The monoisotopic (exact) mass is 260 g/mol. The molecule has 1 fully saturated rings. The predicted molar refractivity (Wildman–Crippen MR) is 61.1 cm³/mol. The van der Waals surface area contributed by atoms with E-state index in [0.29, 0.717) is 13.0 Å². The van der Waals surface area contributed by atoms with E-state index in [1.54, 1.807) is 0 Å². The highest BCUT2D eigenvalue weighted by Crippen LogP contribution is 2.48. The van der Waals surface area contributed by atoms with E-state index >= 15 is 0 Å². The Morgan fingerprint density at radius 3 is 2.67 bits per heavy atom. The molecule has 1 aliphatic rings. The van der Waals surface area contributed by atoms with E-state index in [-0.39, 0.29) is 17.8 Å². The van der Waals surface area contributed by atoms with Gasteiger partial charge in [-0.2, -0.15) is 13.2 Å². The Bertz CT molecular complexity index is 416. The summed E-state index contributed by atoms with van der Waals surface area (Å²) in [7, 11) is 0. The molecule has 0 aromatic carbocycles. The Morgan fingerprint density at radius 1 is 1.39 bits per heavy atom. The Kier molecular flexibility index (Phi) is 3.47. The lowest BCUT2D eigenvalue weighted by Gasteiger charge is -2.15. The fourth-order valence-electron chi connectivity index (χ4n) is 1.91. The number of halogens is 3. The molecular weight excluding hydrogens is 245 g/mol. The number of aromatic nitrogens is 1. The largest absolute Gasteiger partial charge is 0.416 e. The highest BCUT2D eigenvalue weighted by molar-refractivity contribution is 5.39. The third-order valence-electron chi connectivity index (χ3n) is 3.33. The lowest BCUT2D eigenvalue weighted by molar-refractivity contribution is -0.137. The van der Waals surface area contributed by atoms with Gasteiger partial charge in [0.15, 0.2) is 0 Å². The maximum atomic E-state index is 12.5. The SMILES string of the molecule is OCCC1(CNc2cc(C(F)(F)F)ccn2)CC1. The number of rotatable bonds is 5. The average Bonchev–Trinajstić information content (AvgIpc) is 3.07. The minimum atomic E-state index is -4.35. The van der Waals surface area contributed by atoms with Gasteiger partial charge in [-0.05, 0) is 36.8 Å². The van der Waals surface area contributed by atoms with Crippen molar-refractivity contribution in [1.82, 2.24) is 4.98 Å². The molecule has 3 nitrogen and oxygen atoms in total. The van der Waals surface area contributed by atoms with Gasteiger partial charge in [0, 0.05) is 19.3 Å². The molecular formula is C12H15F3N2O. The molecule has 0 unspecified atom stereocenters. The van der Waals surface area contributed by atoms with Gasteiger partial charge >= 0.3 is 6.18 Å². The van der Waals surface area contributed by atoms with Crippen molar-refractivity contribution in [2.24, 2.45) is 5.41 Å². The molecule has 2 rings (SSSR count). The third-order valence-corrected chi connectivity index (χ3v) is 3.33. The van der Waals surface area contributed by atoms with Gasteiger partial charge in [-0.15, -0.1) is 0 Å². The molecule has 1 saturated carbocycles. The first kappa shape index (κ1) is 13.1. The lowest BCUT2D eigenvalue weighted by atomic mass is 10.0. The van der Waals surface area contributed by atoms with Crippen molar-refractivity contribution < 1.29 is 18.3 Å². The van der Waals surface area contributed by atoms with E-state index in [2.05, 4.69) is 10.3 Å². The van der Waals surface area contributed by atoms with Crippen LogP contribution >= 0.6 is 0 Å². The van der Waals surface area contributed by atoms with Crippen molar-refractivity contribution in [3.05, 3.63) is 23.9 Å². The van der Waals surface area contributed by atoms with Crippen molar-refractivity contribution in [2.75, 3.05) is 18.5 Å². The van der Waals surface area contributed by atoms with Crippen LogP contribution < -0.4 is 5.32 Å². The first-order valence-electron chi connectivity index (χ1n) is 5.83. The van der Waals surface area contributed by atoms with Crippen molar-refractivity contribution in [3.8, 4) is 0 Å². The van der Waals surface area contributed by atoms with Crippen molar-refractivity contribution in [1.29, 1.82) is 0 Å². The standard InChI is InChI=1S/C12H15F3N2O/c13-12(14,15)9-1-5-16-10(7-9)17-8-11(2-3-11)4-6-18/h1,5,7,18H,2-4,6,8H2,(H,16,17). The van der Waals surface area contributed by atoms with E-state index in [1.165, 1.54) is 0 Å². The van der Waals surface area contributed by atoms with E-state index < -0.39 is 11.7 Å². The van der Waals surface area contributed by atoms with Gasteiger partial charge < -0.3 is 10.4 Å². The molecule has 6 heteroatoms. The molecule has 1 aromatic rings. The number of aliphatic hydroxyl groups excluding tert-OH is 1. The van der Waals surface area contributed by atoms with E-state index in [0.717, 1.165) is 31.2 Å². The van der Waals surface area contributed by atoms with Crippen molar-refractivity contribution in [3.63, 3.8) is 0 Å². The first-order valence-corrected chi connectivity index (χ1v) is 5.83. The van der Waals surface area contributed by atoms with Gasteiger partial charge in [-0.1, -0.05) is 0 Å². The van der Waals surface area contributed by atoms with Gasteiger partial charge in [0.2, 0.25) is 0 Å². The van der Waals surface area contributed by atoms with Crippen LogP contribution in [0.15, 0.2) is 18.3 Å². The summed E-state index contributed by atoms with van der Waals surface area (Å²) in [5, 5.41) is 11.8. The second kappa shape index (κ2) is 4.76. The number of aliphatic hydroxyl groups is 1. The Morgan fingerprint density at radius 2 is 2.11 bits per heavy atom. The topological polar surface area (TPSA) is 45.1 Å². The summed E-state index contributed by atoms with van der Waals surface area (Å²) in [4.78, 5) is 3.87. The number of hydrogen-bond donors (Lipinski definition) is 2. The summed E-state index contributed by atoms with van der Waals surface area (Å²) in [6, 6.07) is 1.96. The fourth-order valence-corrected chi connectivity index (χ4v) is 1.91. The normalized spacial score (nSPS) is 17.6. The number of nitrogens with zero attached hydrogens (tertiary/aromatic N) is 1. The molecule has 0 aliphatic heterocycles. The Hall–Kier alpha value is -1.30. The van der Waals surface area contributed by atoms with E-state index in [9.17, 15) is 13.2 Å². The summed E-state index contributed by atoms with van der Waals surface area (Å²) < 4.78 is 37.5. The first-order chi connectivity index (χ1) is 8.45. The quantitative estimate of drug-likeness (QED) is 0.855. The fraction of sp³-hybridized carbons (Fsp3) is 0.583. The zero-order chi connectivity index (χ0) is 13.2. The summed E-state index contributed by atoms with van der Waals surface area (Å²) in [6.07, 6.45) is -0.517. The highest BCUT2D eigenvalue weighted by atomic mass is 19.4. The molecule has 0 bridgehead atoms. The molecule has 18 heavy (non-hydrogen) atoms. The summed E-state index contributed by atoms with van der Waals surface area (Å²) in [5.41, 5.74) is -0.656. The van der Waals surface area contributed by atoms with Crippen LogP contribution in [-0.2, 0) is 6.18 Å². The molecule has 2 N–H and O–H groups in total. The third kappa shape index (κ3) is 3.13. The van der Waals surface area contributed by atoms with Gasteiger partial charge in [0.1, 0.15) is 5.82 Å². The van der Waals surface area contributed by atoms with Crippen molar-refractivity contribution >= 4 is 5.82 Å². The number of pyridine rings is 1. The smallest absolute Gasteiger partial charge is 0.396 e. The maximum Gasteiger partial charge on any atom is 0.416 e. The van der Waals surface area contributed by atoms with Crippen LogP contribution in [-0.4, -0.2) is 23.2 Å². The average molecular weight is 260 g/mol. The van der Waals surface area contributed by atoms with Gasteiger partial charge in [0.05, 0.1) is 5.56 Å². The van der Waals surface area contributed by atoms with Crippen LogP contribution in [0.2, 0.25) is 0 Å². The lowest BCUT2D eigenvalue weighted by Crippen LogP contribution is -2.17. The number of alkyl halides is 3. The molecule has 0 radical (unpaired) electrons. The number of nitrogens with one attached hydrogen (secondary N) is 1. The second-order valence-electron chi connectivity index (χ2n) is 4.75. The molecule has 0 spiro atoms. The van der Waals surface area contributed by atoms with Gasteiger partial charge in [0.25, 0.3) is 0 Å². The van der Waals surface area contributed by atoms with Crippen LogP contribution in [0.25, 0.3) is 0 Å². The number of anilines is 1.